The summed E-state index contributed by atoms with van der Waals surface area (Å²) in [6.45, 7) is 0. The first-order valence-corrected chi connectivity index (χ1v) is 7.80. The van der Waals surface area contributed by atoms with Gasteiger partial charge in [-0.15, -0.1) is 0 Å². The monoisotopic (exact) mass is 358 g/mol. The predicted molar refractivity (Wildman–Crippen MR) is 92.1 cm³/mol. The molecule has 4 aromatic rings. The number of hydrogen-bond acceptors (Lipinski definition) is 3. The molecular weight excluding hydrogens is 350 g/mol. The molecule has 0 aliphatic rings. The molecule has 0 amide bonds. The lowest BCUT2D eigenvalue weighted by Crippen LogP contribution is -2.00. The molecule has 0 saturated carbocycles. The summed E-state index contributed by atoms with van der Waals surface area (Å²) < 4.78 is 16.1. The van der Waals surface area contributed by atoms with Crippen LogP contribution < -0.4 is 0 Å². The summed E-state index contributed by atoms with van der Waals surface area (Å²) in [7, 11) is 0. The molecule has 0 atom stereocenters. The highest BCUT2D eigenvalue weighted by molar-refractivity contribution is 6.33. The SMILES string of the molecule is Fc1ccccc1-c1nc2c(Cl)ncnc2n1-c1ccc(Cl)cc1. The average Bonchev–Trinajstić information content (AvgIpc) is 2.97. The molecule has 0 unspecified atom stereocenters. The van der Waals surface area contributed by atoms with E-state index in [-0.39, 0.29) is 11.0 Å². The maximum Gasteiger partial charge on any atom is 0.169 e. The highest BCUT2D eigenvalue weighted by atomic mass is 35.5. The lowest BCUT2D eigenvalue weighted by atomic mass is 10.2. The molecule has 4 nitrogen and oxygen atoms in total. The number of nitrogens with zero attached hydrogens (tertiary/aromatic N) is 4. The Morgan fingerprint density at radius 1 is 0.917 bits per heavy atom. The van der Waals surface area contributed by atoms with Crippen molar-refractivity contribution in [3.63, 3.8) is 0 Å². The molecule has 0 spiro atoms. The number of aromatic nitrogens is 4. The number of benzene rings is 2. The van der Waals surface area contributed by atoms with Crippen LogP contribution >= 0.6 is 23.2 Å². The Labute approximate surface area is 146 Å². The topological polar surface area (TPSA) is 43.6 Å². The number of hydrogen-bond donors (Lipinski definition) is 0. The van der Waals surface area contributed by atoms with Crippen LogP contribution in [0.15, 0.2) is 54.9 Å². The van der Waals surface area contributed by atoms with E-state index in [0.717, 1.165) is 5.69 Å². The van der Waals surface area contributed by atoms with Crippen molar-refractivity contribution in [1.29, 1.82) is 0 Å². The third-order valence-electron chi connectivity index (χ3n) is 3.60. The molecule has 4 rings (SSSR count). The van der Waals surface area contributed by atoms with Gasteiger partial charge in [0.05, 0.1) is 5.56 Å². The first-order valence-electron chi connectivity index (χ1n) is 7.05. The summed E-state index contributed by atoms with van der Waals surface area (Å²) in [5.41, 5.74) is 2.00. The van der Waals surface area contributed by atoms with Crippen LogP contribution in [0.2, 0.25) is 10.2 Å². The Bertz CT molecular complexity index is 1040. The van der Waals surface area contributed by atoms with Crippen molar-refractivity contribution in [3.05, 3.63) is 70.9 Å². The molecule has 118 valence electrons. The molecule has 0 fully saturated rings. The summed E-state index contributed by atoms with van der Waals surface area (Å²) in [5.74, 6) is 0.0138. The lowest BCUT2D eigenvalue weighted by molar-refractivity contribution is 0.629. The van der Waals surface area contributed by atoms with Gasteiger partial charge in [0.15, 0.2) is 10.8 Å². The Kier molecular flexibility index (Phi) is 3.67. The minimum Gasteiger partial charge on any atom is -0.276 e. The Balaban J connectivity index is 2.10. The second-order valence-corrected chi connectivity index (χ2v) is 5.86. The molecule has 0 bridgehead atoms. The van der Waals surface area contributed by atoms with Crippen molar-refractivity contribution in [2.75, 3.05) is 0 Å². The van der Waals surface area contributed by atoms with Crippen LogP contribution in [-0.2, 0) is 0 Å². The van der Waals surface area contributed by atoms with Crippen LogP contribution in [0, 0.1) is 5.82 Å². The van der Waals surface area contributed by atoms with Crippen molar-refractivity contribution in [1.82, 2.24) is 19.5 Å². The van der Waals surface area contributed by atoms with Gasteiger partial charge in [-0.25, -0.2) is 19.3 Å². The maximum atomic E-state index is 14.3. The van der Waals surface area contributed by atoms with E-state index in [4.69, 9.17) is 23.2 Å². The summed E-state index contributed by atoms with van der Waals surface area (Å²) >= 11 is 12.1. The van der Waals surface area contributed by atoms with Gasteiger partial charge in [-0.2, -0.15) is 0 Å². The molecule has 7 heteroatoms. The second-order valence-electron chi connectivity index (χ2n) is 5.06. The predicted octanol–water partition coefficient (Wildman–Crippen LogP) is 4.93. The van der Waals surface area contributed by atoms with Crippen LogP contribution in [0.25, 0.3) is 28.2 Å². The molecular formula is C17H9Cl2FN4. The van der Waals surface area contributed by atoms with Gasteiger partial charge in [-0.1, -0.05) is 35.3 Å². The van der Waals surface area contributed by atoms with Gasteiger partial charge in [0.1, 0.15) is 23.5 Å². The number of fused-ring (bicyclic) bond motifs is 1. The minimum atomic E-state index is -0.382. The first kappa shape index (κ1) is 15.1. The highest BCUT2D eigenvalue weighted by Crippen LogP contribution is 2.31. The van der Waals surface area contributed by atoms with E-state index in [1.165, 1.54) is 12.4 Å². The molecule has 0 saturated heterocycles. The molecule has 0 aliphatic carbocycles. The van der Waals surface area contributed by atoms with Crippen molar-refractivity contribution < 1.29 is 4.39 Å². The molecule has 24 heavy (non-hydrogen) atoms. The molecule has 2 heterocycles. The lowest BCUT2D eigenvalue weighted by Gasteiger charge is -2.09. The smallest absolute Gasteiger partial charge is 0.169 e. The van der Waals surface area contributed by atoms with Gasteiger partial charge in [-0.3, -0.25) is 4.57 Å². The molecule has 0 aliphatic heterocycles. The van der Waals surface area contributed by atoms with Gasteiger partial charge in [0.2, 0.25) is 0 Å². The van der Waals surface area contributed by atoms with Crippen LogP contribution in [0.1, 0.15) is 0 Å². The van der Waals surface area contributed by atoms with Crippen molar-refractivity contribution in [2.45, 2.75) is 0 Å². The Morgan fingerprint density at radius 3 is 2.42 bits per heavy atom. The molecule has 0 N–H and O–H groups in total. The van der Waals surface area contributed by atoms with Crippen LogP contribution in [-0.4, -0.2) is 19.5 Å². The van der Waals surface area contributed by atoms with E-state index in [0.29, 0.717) is 27.6 Å². The zero-order valence-corrected chi connectivity index (χ0v) is 13.6. The summed E-state index contributed by atoms with van der Waals surface area (Å²) in [6, 6.07) is 13.5. The van der Waals surface area contributed by atoms with Crippen molar-refractivity contribution in [3.8, 4) is 17.1 Å². The summed E-state index contributed by atoms with van der Waals surface area (Å²) in [5, 5.41) is 0.813. The zero-order chi connectivity index (χ0) is 16.7. The average molecular weight is 359 g/mol. The van der Waals surface area contributed by atoms with E-state index >= 15 is 0 Å². The zero-order valence-electron chi connectivity index (χ0n) is 12.1. The maximum absolute atomic E-state index is 14.3. The van der Waals surface area contributed by atoms with Crippen LogP contribution in [0.5, 0.6) is 0 Å². The van der Waals surface area contributed by atoms with Crippen molar-refractivity contribution in [2.24, 2.45) is 0 Å². The van der Waals surface area contributed by atoms with E-state index in [1.54, 1.807) is 34.9 Å². The molecule has 0 radical (unpaired) electrons. The van der Waals surface area contributed by atoms with Crippen molar-refractivity contribution >= 4 is 34.4 Å². The number of halogens is 3. The fourth-order valence-electron chi connectivity index (χ4n) is 2.52. The molecule has 2 aromatic carbocycles. The summed E-state index contributed by atoms with van der Waals surface area (Å²) in [4.78, 5) is 12.7. The Hall–Kier alpha value is -2.50. The Morgan fingerprint density at radius 2 is 1.67 bits per heavy atom. The second kappa shape index (κ2) is 5.85. The highest BCUT2D eigenvalue weighted by Gasteiger charge is 2.19. The summed E-state index contributed by atoms with van der Waals surface area (Å²) in [6.07, 6.45) is 1.35. The fourth-order valence-corrected chi connectivity index (χ4v) is 2.82. The van der Waals surface area contributed by atoms with Crippen LogP contribution in [0.4, 0.5) is 4.39 Å². The van der Waals surface area contributed by atoms with E-state index < -0.39 is 0 Å². The quantitative estimate of drug-likeness (QED) is 0.477. The standard InChI is InChI=1S/C17H9Cl2FN4/c18-10-5-7-11(8-6-10)24-16(12-3-1-2-4-13(12)20)23-14-15(19)21-9-22-17(14)24/h1-9H. The minimum absolute atomic E-state index is 0.213. The normalized spacial score (nSPS) is 11.1. The van der Waals surface area contributed by atoms with Gasteiger partial charge >= 0.3 is 0 Å². The van der Waals surface area contributed by atoms with Gasteiger partial charge < -0.3 is 0 Å². The number of imidazole rings is 1. The van der Waals surface area contributed by atoms with E-state index in [2.05, 4.69) is 15.0 Å². The fraction of sp³-hybridized carbons (Fsp3) is 0. The van der Waals surface area contributed by atoms with Gasteiger partial charge in [0.25, 0.3) is 0 Å². The largest absolute Gasteiger partial charge is 0.276 e. The van der Waals surface area contributed by atoms with Gasteiger partial charge in [-0.05, 0) is 36.4 Å². The van der Waals surface area contributed by atoms with E-state index in [9.17, 15) is 4.39 Å². The van der Waals surface area contributed by atoms with Crippen LogP contribution in [0.3, 0.4) is 0 Å². The third kappa shape index (κ3) is 2.42. The molecule has 2 aromatic heterocycles. The first-order chi connectivity index (χ1) is 11.6. The third-order valence-corrected chi connectivity index (χ3v) is 4.13. The van der Waals surface area contributed by atoms with Gasteiger partial charge in [0, 0.05) is 10.7 Å². The van der Waals surface area contributed by atoms with E-state index in [1.807, 2.05) is 12.1 Å². The number of rotatable bonds is 2.